The minimum atomic E-state index is -4.19. The van der Waals surface area contributed by atoms with E-state index in [4.69, 9.17) is 4.74 Å². The molecule has 1 saturated heterocycles. The standard InChI is InChI=1S/C20H28F3N7O/c1-14-27-28-18(29(14)2)11-25-19(24-10-15-4-6-17(31-3)7-5-15)26-16-8-9-30(12-16)13-20(21,22)23/h4-7,16H,8-13H2,1-3H3,(H2,24,25,26). The summed E-state index contributed by atoms with van der Waals surface area (Å²) in [4.78, 5) is 6.03. The lowest BCUT2D eigenvalue weighted by molar-refractivity contribution is -0.143. The van der Waals surface area contributed by atoms with Crippen molar-refractivity contribution in [3.8, 4) is 5.75 Å². The molecule has 0 amide bonds. The molecule has 1 aliphatic rings. The van der Waals surface area contributed by atoms with Gasteiger partial charge >= 0.3 is 6.18 Å². The van der Waals surface area contributed by atoms with Gasteiger partial charge in [0.2, 0.25) is 0 Å². The van der Waals surface area contributed by atoms with Gasteiger partial charge < -0.3 is 19.9 Å². The molecule has 3 rings (SSSR count). The van der Waals surface area contributed by atoms with Gasteiger partial charge in [-0.2, -0.15) is 13.2 Å². The number of ether oxygens (including phenoxy) is 1. The van der Waals surface area contributed by atoms with E-state index in [1.54, 1.807) is 7.11 Å². The van der Waals surface area contributed by atoms with Crippen molar-refractivity contribution in [2.24, 2.45) is 12.0 Å². The van der Waals surface area contributed by atoms with E-state index in [0.717, 1.165) is 23.0 Å². The molecule has 0 radical (unpaired) electrons. The Morgan fingerprint density at radius 1 is 1.26 bits per heavy atom. The minimum Gasteiger partial charge on any atom is -0.497 e. The average molecular weight is 439 g/mol. The molecule has 0 bridgehead atoms. The van der Waals surface area contributed by atoms with Crippen molar-refractivity contribution in [2.75, 3.05) is 26.7 Å². The third-order valence-electron chi connectivity index (χ3n) is 5.19. The Morgan fingerprint density at radius 3 is 2.61 bits per heavy atom. The summed E-state index contributed by atoms with van der Waals surface area (Å²) in [6.45, 7) is 2.48. The van der Waals surface area contributed by atoms with Crippen molar-refractivity contribution in [2.45, 2.75) is 38.7 Å². The van der Waals surface area contributed by atoms with Crippen LogP contribution in [0.2, 0.25) is 0 Å². The number of aryl methyl sites for hydroxylation is 1. The predicted molar refractivity (Wildman–Crippen MR) is 111 cm³/mol. The van der Waals surface area contributed by atoms with Crippen LogP contribution < -0.4 is 15.4 Å². The van der Waals surface area contributed by atoms with E-state index in [9.17, 15) is 13.2 Å². The number of halogens is 3. The molecule has 1 aromatic carbocycles. The Kier molecular flexibility index (Phi) is 7.37. The number of alkyl halides is 3. The second-order valence-electron chi connectivity index (χ2n) is 7.57. The van der Waals surface area contributed by atoms with Crippen LogP contribution in [-0.4, -0.2) is 64.6 Å². The van der Waals surface area contributed by atoms with Crippen LogP contribution in [0.3, 0.4) is 0 Å². The fourth-order valence-electron chi connectivity index (χ4n) is 3.36. The van der Waals surface area contributed by atoms with Crippen molar-refractivity contribution < 1.29 is 17.9 Å². The van der Waals surface area contributed by atoms with Crippen molar-refractivity contribution in [1.82, 2.24) is 30.3 Å². The number of methoxy groups -OCH3 is 1. The van der Waals surface area contributed by atoms with Gasteiger partial charge in [-0.05, 0) is 31.0 Å². The van der Waals surface area contributed by atoms with Gasteiger partial charge in [0, 0.05) is 26.2 Å². The molecule has 2 aromatic rings. The molecule has 0 spiro atoms. The van der Waals surface area contributed by atoms with Gasteiger partial charge in [-0.15, -0.1) is 10.2 Å². The monoisotopic (exact) mass is 439 g/mol. The minimum absolute atomic E-state index is 0.120. The fourth-order valence-corrected chi connectivity index (χ4v) is 3.36. The smallest absolute Gasteiger partial charge is 0.401 e. The Bertz CT molecular complexity index is 880. The molecule has 1 atom stereocenters. The van der Waals surface area contributed by atoms with Crippen LogP contribution in [0.25, 0.3) is 0 Å². The van der Waals surface area contributed by atoms with Crippen LogP contribution in [0.5, 0.6) is 5.75 Å². The summed E-state index contributed by atoms with van der Waals surface area (Å²) >= 11 is 0. The number of benzene rings is 1. The third-order valence-corrected chi connectivity index (χ3v) is 5.19. The topological polar surface area (TPSA) is 79.6 Å². The Labute approximate surface area is 179 Å². The first kappa shape index (κ1) is 22.9. The van der Waals surface area contributed by atoms with E-state index in [2.05, 4.69) is 25.8 Å². The van der Waals surface area contributed by atoms with Crippen LogP contribution in [0.1, 0.15) is 23.6 Å². The van der Waals surface area contributed by atoms with Crippen molar-refractivity contribution in [3.05, 3.63) is 41.5 Å². The predicted octanol–water partition coefficient (Wildman–Crippen LogP) is 2.00. The number of aromatic nitrogens is 3. The summed E-state index contributed by atoms with van der Waals surface area (Å²) in [6, 6.07) is 7.45. The zero-order valence-corrected chi connectivity index (χ0v) is 17.9. The zero-order valence-electron chi connectivity index (χ0n) is 17.9. The molecule has 31 heavy (non-hydrogen) atoms. The van der Waals surface area contributed by atoms with Crippen LogP contribution >= 0.6 is 0 Å². The van der Waals surface area contributed by atoms with Gasteiger partial charge in [0.05, 0.1) is 26.7 Å². The molecular formula is C20H28F3N7O. The molecule has 1 fully saturated rings. The number of hydrogen-bond donors (Lipinski definition) is 2. The van der Waals surface area contributed by atoms with Gasteiger partial charge in [0.15, 0.2) is 11.8 Å². The molecular weight excluding hydrogens is 411 g/mol. The highest BCUT2D eigenvalue weighted by Crippen LogP contribution is 2.20. The number of nitrogens with one attached hydrogen (secondary N) is 2. The summed E-state index contributed by atoms with van der Waals surface area (Å²) in [5.41, 5.74) is 0.988. The van der Waals surface area contributed by atoms with E-state index >= 15 is 0 Å². The maximum atomic E-state index is 12.7. The largest absolute Gasteiger partial charge is 0.497 e. The first-order valence-electron chi connectivity index (χ1n) is 10.1. The van der Waals surface area contributed by atoms with Gasteiger partial charge in [-0.3, -0.25) is 4.90 Å². The highest BCUT2D eigenvalue weighted by atomic mass is 19.4. The lowest BCUT2D eigenvalue weighted by Crippen LogP contribution is -2.45. The molecule has 170 valence electrons. The lowest BCUT2D eigenvalue weighted by Gasteiger charge is -2.20. The van der Waals surface area contributed by atoms with Crippen molar-refractivity contribution in [1.29, 1.82) is 0 Å². The molecule has 2 heterocycles. The average Bonchev–Trinajstić information content (AvgIpc) is 3.29. The number of nitrogens with zero attached hydrogens (tertiary/aromatic N) is 5. The first-order valence-corrected chi connectivity index (χ1v) is 10.1. The van der Waals surface area contributed by atoms with Gasteiger partial charge in [-0.25, -0.2) is 4.99 Å². The summed E-state index contributed by atoms with van der Waals surface area (Å²) in [7, 11) is 3.48. The van der Waals surface area contributed by atoms with Crippen LogP contribution in [0.4, 0.5) is 13.2 Å². The van der Waals surface area contributed by atoms with E-state index in [1.165, 1.54) is 4.90 Å². The molecule has 1 aromatic heterocycles. The molecule has 0 aliphatic carbocycles. The summed E-state index contributed by atoms with van der Waals surface area (Å²) in [5.74, 6) is 2.81. The number of guanidine groups is 1. The normalized spacial score (nSPS) is 17.7. The molecule has 11 heteroatoms. The van der Waals surface area contributed by atoms with Crippen LogP contribution in [0.15, 0.2) is 29.3 Å². The quantitative estimate of drug-likeness (QED) is 0.508. The van der Waals surface area contributed by atoms with E-state index in [-0.39, 0.29) is 6.04 Å². The van der Waals surface area contributed by atoms with Crippen LogP contribution in [0, 0.1) is 6.92 Å². The van der Waals surface area contributed by atoms with Gasteiger partial charge in [0.1, 0.15) is 11.6 Å². The highest BCUT2D eigenvalue weighted by Gasteiger charge is 2.34. The summed E-state index contributed by atoms with van der Waals surface area (Å²) in [5, 5.41) is 14.7. The van der Waals surface area contributed by atoms with E-state index in [1.807, 2.05) is 42.8 Å². The van der Waals surface area contributed by atoms with Crippen molar-refractivity contribution >= 4 is 5.96 Å². The number of rotatable bonds is 7. The Hall–Kier alpha value is -2.82. The van der Waals surface area contributed by atoms with Crippen LogP contribution in [-0.2, 0) is 20.1 Å². The molecule has 2 N–H and O–H groups in total. The Balaban J connectivity index is 1.65. The maximum Gasteiger partial charge on any atom is 0.401 e. The number of aliphatic imine (C=N–C) groups is 1. The lowest BCUT2D eigenvalue weighted by atomic mass is 10.2. The van der Waals surface area contributed by atoms with E-state index < -0.39 is 12.7 Å². The second-order valence-corrected chi connectivity index (χ2v) is 7.57. The Morgan fingerprint density at radius 2 is 2.00 bits per heavy atom. The fraction of sp³-hybridized carbons (Fsp3) is 0.550. The maximum absolute atomic E-state index is 12.7. The molecule has 8 nitrogen and oxygen atoms in total. The highest BCUT2D eigenvalue weighted by molar-refractivity contribution is 5.80. The number of hydrogen-bond acceptors (Lipinski definition) is 5. The molecule has 1 aliphatic heterocycles. The third kappa shape index (κ3) is 6.84. The summed E-state index contributed by atoms with van der Waals surface area (Å²) in [6.07, 6.45) is -3.58. The summed E-state index contributed by atoms with van der Waals surface area (Å²) < 4.78 is 45.1. The molecule has 1 unspecified atom stereocenters. The SMILES string of the molecule is COc1ccc(CN=C(NCc2nnc(C)n2C)NC2CCN(CC(F)(F)F)C2)cc1. The van der Waals surface area contributed by atoms with Crippen molar-refractivity contribution in [3.63, 3.8) is 0 Å². The second kappa shape index (κ2) is 9.99. The zero-order chi connectivity index (χ0) is 22.4. The number of likely N-dealkylation sites (tertiary alicyclic amines) is 1. The first-order chi connectivity index (χ1) is 14.7. The van der Waals surface area contributed by atoms with Gasteiger partial charge in [-0.1, -0.05) is 12.1 Å². The van der Waals surface area contributed by atoms with E-state index in [0.29, 0.717) is 38.6 Å². The van der Waals surface area contributed by atoms with Gasteiger partial charge in [0.25, 0.3) is 0 Å². The molecule has 0 saturated carbocycles.